The lowest BCUT2D eigenvalue weighted by Gasteiger charge is -2.34. The fraction of sp³-hybridized carbons (Fsp3) is 0.615. The Balaban J connectivity index is 2.36. The van der Waals surface area contributed by atoms with Crippen molar-refractivity contribution in [1.82, 2.24) is 4.98 Å². The number of hydrogen-bond acceptors (Lipinski definition) is 2. The van der Waals surface area contributed by atoms with Crippen LogP contribution in [0.3, 0.4) is 0 Å². The molecule has 1 aromatic rings. The molecule has 1 atom stereocenters. The Bertz CT molecular complexity index is 348. The molecule has 1 heterocycles. The Morgan fingerprint density at radius 2 is 2.33 bits per heavy atom. The van der Waals surface area contributed by atoms with Crippen LogP contribution in [0.25, 0.3) is 0 Å². The third-order valence-electron chi connectivity index (χ3n) is 3.11. The fourth-order valence-electron chi connectivity index (χ4n) is 2.62. The number of rotatable bonds is 2. The van der Waals surface area contributed by atoms with E-state index in [1.807, 2.05) is 6.07 Å². The quantitative estimate of drug-likeness (QED) is 0.805. The van der Waals surface area contributed by atoms with Gasteiger partial charge in [-0.05, 0) is 43.2 Å². The minimum Gasteiger partial charge on any atom is -0.384 e. The van der Waals surface area contributed by atoms with Crippen molar-refractivity contribution in [3.8, 4) is 0 Å². The molecule has 1 aliphatic rings. The lowest BCUT2D eigenvalue weighted by Crippen LogP contribution is -2.33. The van der Waals surface area contributed by atoms with Gasteiger partial charge in [0.1, 0.15) is 5.60 Å². The first-order chi connectivity index (χ1) is 7.12. The number of aryl methyl sites for hydroxylation is 1. The maximum absolute atomic E-state index is 10.6. The largest absolute Gasteiger partial charge is 0.384 e. The van der Waals surface area contributed by atoms with Crippen LogP contribution in [0, 0.1) is 5.92 Å². The second-order valence-corrected chi connectivity index (χ2v) is 4.99. The molecule has 1 aliphatic carbocycles. The molecular formula is C13H19NO. The van der Waals surface area contributed by atoms with Crippen LogP contribution in [-0.2, 0) is 12.0 Å². The van der Waals surface area contributed by atoms with Gasteiger partial charge in [-0.3, -0.25) is 4.98 Å². The van der Waals surface area contributed by atoms with Crippen molar-refractivity contribution < 1.29 is 5.11 Å². The van der Waals surface area contributed by atoms with Gasteiger partial charge in [0.25, 0.3) is 0 Å². The van der Waals surface area contributed by atoms with Crippen molar-refractivity contribution in [1.29, 1.82) is 0 Å². The Labute approximate surface area is 91.4 Å². The number of pyridine rings is 1. The minimum absolute atomic E-state index is 0.503. The third kappa shape index (κ3) is 2.05. The summed E-state index contributed by atoms with van der Waals surface area (Å²) in [7, 11) is 0. The van der Waals surface area contributed by atoms with Gasteiger partial charge >= 0.3 is 0 Å². The summed E-state index contributed by atoms with van der Waals surface area (Å²) in [5, 5.41) is 10.6. The van der Waals surface area contributed by atoms with E-state index < -0.39 is 5.60 Å². The monoisotopic (exact) mass is 205 g/mol. The van der Waals surface area contributed by atoms with Crippen LogP contribution >= 0.6 is 0 Å². The molecule has 1 aromatic heterocycles. The highest BCUT2D eigenvalue weighted by Gasteiger charge is 2.35. The summed E-state index contributed by atoms with van der Waals surface area (Å²) in [6.07, 6.45) is 5.59. The van der Waals surface area contributed by atoms with Crippen LogP contribution in [0.2, 0.25) is 0 Å². The molecule has 1 unspecified atom stereocenters. The molecule has 0 fully saturated rings. The average molecular weight is 205 g/mol. The molecule has 0 aliphatic heterocycles. The van der Waals surface area contributed by atoms with Crippen LogP contribution < -0.4 is 0 Å². The second-order valence-electron chi connectivity index (χ2n) is 4.99. The van der Waals surface area contributed by atoms with E-state index in [4.69, 9.17) is 0 Å². The summed E-state index contributed by atoms with van der Waals surface area (Å²) in [6.45, 7) is 4.30. The molecule has 0 aromatic carbocycles. The van der Waals surface area contributed by atoms with Gasteiger partial charge in [0.2, 0.25) is 0 Å². The van der Waals surface area contributed by atoms with E-state index in [1.165, 1.54) is 5.56 Å². The molecule has 0 bridgehead atoms. The lowest BCUT2D eigenvalue weighted by atomic mass is 9.78. The minimum atomic E-state index is -0.678. The summed E-state index contributed by atoms with van der Waals surface area (Å²) in [5.74, 6) is 0.503. The maximum atomic E-state index is 10.6. The average Bonchev–Trinajstić information content (AvgIpc) is 2.17. The van der Waals surface area contributed by atoms with Crippen LogP contribution in [-0.4, -0.2) is 10.1 Å². The van der Waals surface area contributed by atoms with Gasteiger partial charge in [-0.15, -0.1) is 0 Å². The molecule has 15 heavy (non-hydrogen) atoms. The van der Waals surface area contributed by atoms with Gasteiger partial charge in [0, 0.05) is 6.20 Å². The number of hydrogen-bond donors (Lipinski definition) is 1. The van der Waals surface area contributed by atoms with Crippen LogP contribution in [0.5, 0.6) is 0 Å². The predicted molar refractivity (Wildman–Crippen MR) is 60.5 cm³/mol. The predicted octanol–water partition coefficient (Wildman–Crippen LogP) is 2.65. The molecule has 2 rings (SSSR count). The van der Waals surface area contributed by atoms with E-state index in [-0.39, 0.29) is 0 Å². The zero-order valence-electron chi connectivity index (χ0n) is 9.53. The summed E-state index contributed by atoms with van der Waals surface area (Å²) >= 11 is 0. The summed E-state index contributed by atoms with van der Waals surface area (Å²) in [6, 6.07) is 4.05. The Morgan fingerprint density at radius 3 is 3.07 bits per heavy atom. The van der Waals surface area contributed by atoms with Crippen molar-refractivity contribution in [2.45, 2.75) is 45.1 Å². The summed E-state index contributed by atoms with van der Waals surface area (Å²) in [4.78, 5) is 4.38. The standard InChI is InChI=1S/C13H19NO/c1-10(2)9-13(15)7-3-5-11-6-4-8-14-12(11)13/h4,6,8,10,15H,3,5,7,9H2,1-2H3. The molecule has 1 N–H and O–H groups in total. The van der Waals surface area contributed by atoms with Gasteiger partial charge in [0.15, 0.2) is 0 Å². The van der Waals surface area contributed by atoms with Gasteiger partial charge in [0.05, 0.1) is 5.69 Å². The van der Waals surface area contributed by atoms with Crippen molar-refractivity contribution in [2.24, 2.45) is 5.92 Å². The molecule has 2 nitrogen and oxygen atoms in total. The first-order valence-corrected chi connectivity index (χ1v) is 5.78. The topological polar surface area (TPSA) is 33.1 Å². The van der Waals surface area contributed by atoms with E-state index >= 15 is 0 Å². The first kappa shape index (κ1) is 10.6. The van der Waals surface area contributed by atoms with E-state index in [9.17, 15) is 5.11 Å². The van der Waals surface area contributed by atoms with Gasteiger partial charge in [-0.2, -0.15) is 0 Å². The molecule has 0 radical (unpaired) electrons. The van der Waals surface area contributed by atoms with Gasteiger partial charge < -0.3 is 5.11 Å². The van der Waals surface area contributed by atoms with Crippen molar-refractivity contribution in [3.05, 3.63) is 29.6 Å². The highest BCUT2D eigenvalue weighted by atomic mass is 16.3. The second kappa shape index (κ2) is 3.93. The van der Waals surface area contributed by atoms with Crippen molar-refractivity contribution >= 4 is 0 Å². The third-order valence-corrected chi connectivity index (χ3v) is 3.11. The Hall–Kier alpha value is -0.890. The zero-order valence-corrected chi connectivity index (χ0v) is 9.53. The normalized spacial score (nSPS) is 25.3. The van der Waals surface area contributed by atoms with Crippen LogP contribution in [0.15, 0.2) is 18.3 Å². The lowest BCUT2D eigenvalue weighted by molar-refractivity contribution is -0.00561. The van der Waals surface area contributed by atoms with Crippen molar-refractivity contribution in [3.63, 3.8) is 0 Å². The molecule has 2 heteroatoms. The highest BCUT2D eigenvalue weighted by Crippen LogP contribution is 2.38. The number of nitrogens with zero attached hydrogens (tertiary/aromatic N) is 1. The SMILES string of the molecule is CC(C)CC1(O)CCCc2cccnc21. The number of fused-ring (bicyclic) bond motifs is 1. The fourth-order valence-corrected chi connectivity index (χ4v) is 2.62. The van der Waals surface area contributed by atoms with E-state index in [0.717, 1.165) is 31.4 Å². The summed E-state index contributed by atoms with van der Waals surface area (Å²) < 4.78 is 0. The Kier molecular flexibility index (Phi) is 2.79. The van der Waals surface area contributed by atoms with Crippen LogP contribution in [0.4, 0.5) is 0 Å². The molecule has 0 saturated carbocycles. The van der Waals surface area contributed by atoms with E-state index in [1.54, 1.807) is 6.20 Å². The van der Waals surface area contributed by atoms with Crippen molar-refractivity contribution in [2.75, 3.05) is 0 Å². The molecule has 0 amide bonds. The van der Waals surface area contributed by atoms with Gasteiger partial charge in [-0.1, -0.05) is 19.9 Å². The summed E-state index contributed by atoms with van der Waals surface area (Å²) in [5.41, 5.74) is 1.47. The highest BCUT2D eigenvalue weighted by molar-refractivity contribution is 5.28. The molecule has 0 saturated heterocycles. The zero-order chi connectivity index (χ0) is 10.9. The molecular weight excluding hydrogens is 186 g/mol. The van der Waals surface area contributed by atoms with Crippen LogP contribution in [0.1, 0.15) is 44.4 Å². The first-order valence-electron chi connectivity index (χ1n) is 5.78. The maximum Gasteiger partial charge on any atom is 0.107 e. The molecule has 0 spiro atoms. The van der Waals surface area contributed by atoms with E-state index in [0.29, 0.717) is 5.92 Å². The smallest absolute Gasteiger partial charge is 0.107 e. The molecule has 82 valence electrons. The van der Waals surface area contributed by atoms with Gasteiger partial charge in [-0.25, -0.2) is 0 Å². The van der Waals surface area contributed by atoms with E-state index in [2.05, 4.69) is 24.9 Å². The number of aromatic nitrogens is 1. The Morgan fingerprint density at radius 1 is 1.53 bits per heavy atom. The number of aliphatic hydroxyl groups is 1.